The van der Waals surface area contributed by atoms with Gasteiger partial charge in [-0.15, -0.1) is 0 Å². The Labute approximate surface area is 250 Å². The van der Waals surface area contributed by atoms with Crippen molar-refractivity contribution in [1.29, 1.82) is 0 Å². The minimum atomic E-state index is -0.800. The number of anilines is 2. The smallest absolute Gasteiger partial charge is 0.308 e. The number of benzene rings is 3. The summed E-state index contributed by atoms with van der Waals surface area (Å²) in [6.07, 6.45) is 0. The van der Waals surface area contributed by atoms with Crippen LogP contribution in [-0.4, -0.2) is 34.6 Å². The van der Waals surface area contributed by atoms with E-state index in [4.69, 9.17) is 4.74 Å². The van der Waals surface area contributed by atoms with E-state index in [1.165, 1.54) is 33.7 Å². The van der Waals surface area contributed by atoms with Gasteiger partial charge in [0.2, 0.25) is 17.7 Å². The number of nitrogens with zero attached hydrogens (tertiary/aromatic N) is 2. The van der Waals surface area contributed by atoms with Gasteiger partial charge in [-0.25, -0.2) is 9.29 Å². The average molecular weight is 655 g/mol. The van der Waals surface area contributed by atoms with E-state index in [-0.39, 0.29) is 23.2 Å². The molecular formula is C29H21BrFN3O5S2. The standard InChI is InChI=1S/C29H21BrFN3O5S2/c1-39-20-12-2-15(3-13-20)22-23-24(27(37)34(26(23)36)19-10-4-16(30)5-11-19)40-28-25(22)41-29(38)33(28)14-21(35)32-18-8-6-17(31)7-9-18/h2-13,22-24H,14H2,1H3,(H,32,35)/t22-,23-,24+/m0/s1. The Bertz CT molecular complexity index is 1720. The van der Waals surface area contributed by atoms with Gasteiger partial charge in [-0.1, -0.05) is 51.2 Å². The lowest BCUT2D eigenvalue weighted by atomic mass is 9.83. The number of fused-ring (bicyclic) bond motifs is 2. The lowest BCUT2D eigenvalue weighted by Crippen LogP contribution is -2.33. The number of amides is 3. The van der Waals surface area contributed by atoms with E-state index < -0.39 is 28.8 Å². The zero-order valence-corrected chi connectivity index (χ0v) is 24.6. The van der Waals surface area contributed by atoms with Crippen LogP contribution in [0, 0.1) is 11.7 Å². The molecule has 6 rings (SSSR count). The van der Waals surface area contributed by atoms with Crippen molar-refractivity contribution in [3.8, 4) is 5.75 Å². The molecule has 3 atom stereocenters. The molecule has 0 saturated carbocycles. The number of nitrogens with one attached hydrogen (secondary N) is 1. The number of thiazole rings is 1. The number of hydrogen-bond acceptors (Lipinski definition) is 7. The fourth-order valence-corrected chi connectivity index (χ4v) is 8.19. The first-order chi connectivity index (χ1) is 19.7. The molecule has 2 aliphatic rings. The number of ether oxygens (including phenoxy) is 1. The van der Waals surface area contributed by atoms with Gasteiger partial charge < -0.3 is 10.1 Å². The maximum Gasteiger partial charge on any atom is 0.308 e. The highest BCUT2D eigenvalue weighted by atomic mass is 79.9. The number of rotatable bonds is 6. The minimum Gasteiger partial charge on any atom is -0.497 e. The molecule has 1 aromatic heterocycles. The molecule has 3 amide bonds. The first kappa shape index (κ1) is 27.4. The van der Waals surface area contributed by atoms with Crippen molar-refractivity contribution in [2.45, 2.75) is 22.7 Å². The van der Waals surface area contributed by atoms with Crippen LogP contribution in [0.15, 0.2) is 87.1 Å². The van der Waals surface area contributed by atoms with Crippen LogP contribution in [0.5, 0.6) is 5.75 Å². The van der Waals surface area contributed by atoms with Crippen molar-refractivity contribution in [3.05, 3.63) is 103 Å². The fourth-order valence-electron chi connectivity index (χ4n) is 5.15. The van der Waals surface area contributed by atoms with E-state index in [0.29, 0.717) is 27.0 Å². The molecule has 0 spiro atoms. The Hall–Kier alpha value is -3.74. The van der Waals surface area contributed by atoms with Crippen LogP contribution in [0.25, 0.3) is 0 Å². The molecule has 208 valence electrons. The summed E-state index contributed by atoms with van der Waals surface area (Å²) in [5, 5.41) is 2.36. The van der Waals surface area contributed by atoms with Gasteiger partial charge in [-0.2, -0.15) is 0 Å². The molecule has 0 bridgehead atoms. The first-order valence-corrected chi connectivity index (χ1v) is 15.0. The highest BCUT2D eigenvalue weighted by molar-refractivity contribution is 9.10. The van der Waals surface area contributed by atoms with E-state index in [0.717, 1.165) is 33.1 Å². The van der Waals surface area contributed by atoms with E-state index in [1.807, 2.05) is 12.1 Å². The number of aromatic nitrogens is 1. The van der Waals surface area contributed by atoms with Crippen LogP contribution in [0.4, 0.5) is 15.8 Å². The number of halogens is 2. The largest absolute Gasteiger partial charge is 0.497 e. The lowest BCUT2D eigenvalue weighted by Gasteiger charge is -2.30. The van der Waals surface area contributed by atoms with Gasteiger partial charge in [0.1, 0.15) is 23.4 Å². The summed E-state index contributed by atoms with van der Waals surface area (Å²) in [4.78, 5) is 55.4. The Morgan fingerprint density at radius 1 is 0.976 bits per heavy atom. The third-order valence-corrected chi connectivity index (χ3v) is 10.2. The van der Waals surface area contributed by atoms with Crippen molar-refractivity contribution >= 4 is 68.1 Å². The minimum absolute atomic E-state index is 0.305. The van der Waals surface area contributed by atoms with Gasteiger partial charge in [0.05, 0.1) is 23.7 Å². The second-order valence-electron chi connectivity index (χ2n) is 9.48. The Balaban J connectivity index is 1.40. The molecule has 1 fully saturated rings. The summed E-state index contributed by atoms with van der Waals surface area (Å²) in [6.45, 7) is -0.305. The monoisotopic (exact) mass is 653 g/mol. The highest BCUT2D eigenvalue weighted by Gasteiger charge is 2.56. The van der Waals surface area contributed by atoms with Gasteiger partial charge in [-0.3, -0.25) is 23.7 Å². The number of carbonyl (C=O) groups is 3. The van der Waals surface area contributed by atoms with Crippen molar-refractivity contribution in [2.24, 2.45) is 5.92 Å². The maximum atomic E-state index is 13.9. The summed E-state index contributed by atoms with van der Waals surface area (Å²) in [5.74, 6) is -2.35. The number of thioether (sulfide) groups is 1. The molecule has 0 unspecified atom stereocenters. The molecule has 0 aliphatic carbocycles. The number of hydrogen-bond donors (Lipinski definition) is 1. The molecule has 3 heterocycles. The Morgan fingerprint density at radius 2 is 1.66 bits per heavy atom. The van der Waals surface area contributed by atoms with Crippen LogP contribution >= 0.6 is 39.0 Å². The van der Waals surface area contributed by atoms with Gasteiger partial charge in [0, 0.05) is 21.0 Å². The van der Waals surface area contributed by atoms with Gasteiger partial charge in [0.15, 0.2) is 0 Å². The zero-order valence-electron chi connectivity index (χ0n) is 21.4. The van der Waals surface area contributed by atoms with Crippen LogP contribution < -0.4 is 19.8 Å². The third-order valence-electron chi connectivity index (χ3n) is 7.04. The molecule has 1 N–H and O–H groups in total. The quantitative estimate of drug-likeness (QED) is 0.285. The lowest BCUT2D eigenvalue weighted by molar-refractivity contribution is -0.122. The summed E-state index contributed by atoms with van der Waals surface area (Å²) in [5.41, 5.74) is 1.61. The number of methoxy groups -OCH3 is 1. The van der Waals surface area contributed by atoms with E-state index >= 15 is 0 Å². The molecule has 4 aromatic rings. The predicted molar refractivity (Wildman–Crippen MR) is 158 cm³/mol. The summed E-state index contributed by atoms with van der Waals surface area (Å²) < 4.78 is 20.7. The SMILES string of the molecule is COc1ccc([C@@H]2c3sc(=O)n(CC(=O)Nc4ccc(F)cc4)c3S[C@H]3C(=O)N(c4ccc(Br)cc4)C(=O)[C@@H]23)cc1. The second-order valence-corrected chi connectivity index (χ2v) is 12.5. The van der Waals surface area contributed by atoms with Crippen molar-refractivity contribution in [2.75, 3.05) is 17.3 Å². The number of carbonyl (C=O) groups excluding carboxylic acids is 3. The highest BCUT2D eigenvalue weighted by Crippen LogP contribution is 2.54. The van der Waals surface area contributed by atoms with Gasteiger partial charge >= 0.3 is 4.87 Å². The Kier molecular flexibility index (Phi) is 7.30. The van der Waals surface area contributed by atoms with Crippen molar-refractivity contribution in [1.82, 2.24) is 4.57 Å². The van der Waals surface area contributed by atoms with E-state index in [2.05, 4.69) is 21.2 Å². The normalized spacial score (nSPS) is 19.6. The average Bonchev–Trinajstić information content (AvgIpc) is 3.41. The Morgan fingerprint density at radius 3 is 2.32 bits per heavy atom. The van der Waals surface area contributed by atoms with E-state index in [9.17, 15) is 23.6 Å². The molecular weight excluding hydrogens is 633 g/mol. The van der Waals surface area contributed by atoms with Gasteiger partial charge in [-0.05, 0) is 66.2 Å². The van der Waals surface area contributed by atoms with E-state index in [1.54, 1.807) is 43.5 Å². The molecule has 1 saturated heterocycles. The maximum absolute atomic E-state index is 13.9. The van der Waals surface area contributed by atoms with Crippen LogP contribution in [0.3, 0.4) is 0 Å². The van der Waals surface area contributed by atoms with Crippen molar-refractivity contribution < 1.29 is 23.5 Å². The predicted octanol–water partition coefficient (Wildman–Crippen LogP) is 5.25. The summed E-state index contributed by atoms with van der Waals surface area (Å²) in [7, 11) is 1.55. The summed E-state index contributed by atoms with van der Waals surface area (Å²) in [6, 6.07) is 19.4. The molecule has 0 radical (unpaired) electrons. The van der Waals surface area contributed by atoms with Gasteiger partial charge in [0.25, 0.3) is 0 Å². The van der Waals surface area contributed by atoms with Crippen molar-refractivity contribution in [3.63, 3.8) is 0 Å². The fraction of sp³-hybridized carbons (Fsp3) is 0.172. The molecule has 12 heteroatoms. The number of imide groups is 1. The molecule has 3 aromatic carbocycles. The zero-order chi connectivity index (χ0) is 28.8. The summed E-state index contributed by atoms with van der Waals surface area (Å²) >= 11 is 5.50. The van der Waals surface area contributed by atoms with Crippen LogP contribution in [-0.2, 0) is 20.9 Å². The van der Waals surface area contributed by atoms with Crippen LogP contribution in [0.2, 0.25) is 0 Å². The molecule has 8 nitrogen and oxygen atoms in total. The van der Waals surface area contributed by atoms with Crippen LogP contribution in [0.1, 0.15) is 16.4 Å². The topological polar surface area (TPSA) is 97.7 Å². The third kappa shape index (κ3) is 5.00. The second kappa shape index (κ2) is 10.9. The first-order valence-electron chi connectivity index (χ1n) is 12.5. The molecule has 41 heavy (non-hydrogen) atoms. The molecule has 2 aliphatic heterocycles.